The first kappa shape index (κ1) is 15.8. The largest absolute Gasteiger partial charge is 0.416 e. The van der Waals surface area contributed by atoms with E-state index in [4.69, 9.17) is 0 Å². The lowest BCUT2D eigenvalue weighted by Gasteiger charge is -2.17. The highest BCUT2D eigenvalue weighted by molar-refractivity contribution is 7.91. The van der Waals surface area contributed by atoms with Crippen LogP contribution >= 0.6 is 0 Å². The molecule has 1 heterocycles. The molecule has 4 nitrogen and oxygen atoms in total. The second-order valence-electron chi connectivity index (χ2n) is 5.07. The fraction of sp³-hybridized carbons (Fsp3) is 0.462. The molecule has 21 heavy (non-hydrogen) atoms. The van der Waals surface area contributed by atoms with E-state index in [1.54, 1.807) is 0 Å². The van der Waals surface area contributed by atoms with Crippen LogP contribution in [0.4, 0.5) is 13.2 Å². The van der Waals surface area contributed by atoms with Crippen molar-refractivity contribution in [3.63, 3.8) is 0 Å². The van der Waals surface area contributed by atoms with Gasteiger partial charge in [0.15, 0.2) is 9.84 Å². The van der Waals surface area contributed by atoms with E-state index in [0.717, 1.165) is 18.4 Å². The summed E-state index contributed by atoms with van der Waals surface area (Å²) >= 11 is 0. The summed E-state index contributed by atoms with van der Waals surface area (Å²) in [6.07, 6.45) is -3.12. The van der Waals surface area contributed by atoms with E-state index in [-0.39, 0.29) is 18.7 Å². The highest BCUT2D eigenvalue weighted by Crippen LogP contribution is 2.30. The molecule has 0 bridgehead atoms. The zero-order valence-corrected chi connectivity index (χ0v) is 12.0. The normalized spacial score (nSPS) is 19.8. The van der Waals surface area contributed by atoms with Crippen LogP contribution in [0.3, 0.4) is 0 Å². The average molecular weight is 321 g/mol. The van der Waals surface area contributed by atoms with Crippen LogP contribution in [-0.4, -0.2) is 43.8 Å². The maximum atomic E-state index is 12.6. The molecule has 1 saturated heterocycles. The van der Waals surface area contributed by atoms with Gasteiger partial charge in [0.05, 0.1) is 10.8 Å². The first-order chi connectivity index (χ1) is 9.59. The van der Waals surface area contributed by atoms with Crippen LogP contribution in [0.5, 0.6) is 0 Å². The van der Waals surface area contributed by atoms with E-state index in [9.17, 15) is 26.4 Å². The Labute approximate surface area is 120 Å². The molecule has 116 valence electrons. The molecule has 0 spiro atoms. The standard InChI is InChI=1S/C13H14F3NO3S/c1-21(19,20)11-5-6-17(8-11)12(18)9-3-2-4-10(7-9)13(14,15)16/h2-4,7,11H,5-6,8H2,1H3/t11-/m1/s1. The number of benzene rings is 1. The van der Waals surface area contributed by atoms with Crippen molar-refractivity contribution in [1.29, 1.82) is 0 Å². The van der Waals surface area contributed by atoms with Crippen molar-refractivity contribution in [3.8, 4) is 0 Å². The second kappa shape index (κ2) is 5.32. The third-order valence-corrected chi connectivity index (χ3v) is 5.07. The summed E-state index contributed by atoms with van der Waals surface area (Å²) in [6.45, 7) is 0.251. The van der Waals surface area contributed by atoms with Crippen molar-refractivity contribution < 1.29 is 26.4 Å². The van der Waals surface area contributed by atoms with Gasteiger partial charge in [-0.15, -0.1) is 0 Å². The molecule has 0 unspecified atom stereocenters. The van der Waals surface area contributed by atoms with Gasteiger partial charge in [-0.25, -0.2) is 8.42 Å². The van der Waals surface area contributed by atoms with Gasteiger partial charge in [-0.2, -0.15) is 13.2 Å². The number of alkyl halides is 3. The van der Waals surface area contributed by atoms with Crippen LogP contribution in [0.25, 0.3) is 0 Å². The predicted molar refractivity (Wildman–Crippen MR) is 70.6 cm³/mol. The number of rotatable bonds is 2. The lowest BCUT2D eigenvalue weighted by atomic mass is 10.1. The molecule has 1 aliphatic heterocycles. The van der Waals surface area contributed by atoms with E-state index in [0.29, 0.717) is 6.42 Å². The summed E-state index contributed by atoms with van der Waals surface area (Å²) in [5.41, 5.74) is -0.980. The lowest BCUT2D eigenvalue weighted by Crippen LogP contribution is -2.31. The molecule has 0 N–H and O–H groups in total. The first-order valence-corrected chi connectivity index (χ1v) is 8.20. The van der Waals surface area contributed by atoms with E-state index in [2.05, 4.69) is 0 Å². The Morgan fingerprint density at radius 3 is 2.52 bits per heavy atom. The quantitative estimate of drug-likeness (QED) is 0.837. The number of likely N-dealkylation sites (tertiary alicyclic amines) is 1. The van der Waals surface area contributed by atoms with Crippen LogP contribution in [0, 0.1) is 0 Å². The summed E-state index contributed by atoms with van der Waals surface area (Å²) in [7, 11) is -3.26. The highest BCUT2D eigenvalue weighted by atomic mass is 32.2. The van der Waals surface area contributed by atoms with Gasteiger partial charge in [0, 0.05) is 24.9 Å². The number of carbonyl (C=O) groups is 1. The topological polar surface area (TPSA) is 54.5 Å². The summed E-state index contributed by atoms with van der Waals surface area (Å²) < 4.78 is 60.7. The number of halogens is 3. The number of sulfone groups is 1. The lowest BCUT2D eigenvalue weighted by molar-refractivity contribution is -0.137. The molecule has 8 heteroatoms. The van der Waals surface area contributed by atoms with Gasteiger partial charge in [0.25, 0.3) is 5.91 Å². The van der Waals surface area contributed by atoms with Gasteiger partial charge < -0.3 is 4.90 Å². The summed E-state index contributed by atoms with van der Waals surface area (Å²) in [4.78, 5) is 13.4. The molecular weight excluding hydrogens is 307 g/mol. The molecule has 1 aromatic carbocycles. The Kier molecular flexibility index (Phi) is 4.01. The number of hydrogen-bond acceptors (Lipinski definition) is 3. The second-order valence-corrected chi connectivity index (χ2v) is 7.40. The van der Waals surface area contributed by atoms with Crippen LogP contribution in [0.1, 0.15) is 22.3 Å². The van der Waals surface area contributed by atoms with Crippen molar-refractivity contribution in [2.45, 2.75) is 17.8 Å². The minimum atomic E-state index is -4.52. The number of carbonyl (C=O) groups excluding carboxylic acids is 1. The van der Waals surface area contributed by atoms with Gasteiger partial charge in [0.1, 0.15) is 0 Å². The Bertz CT molecular complexity index is 655. The van der Waals surface area contributed by atoms with E-state index in [1.165, 1.54) is 17.0 Å². The minimum absolute atomic E-state index is 0.0217. The Morgan fingerprint density at radius 1 is 1.33 bits per heavy atom. The van der Waals surface area contributed by atoms with Gasteiger partial charge in [0.2, 0.25) is 0 Å². The maximum Gasteiger partial charge on any atom is 0.416 e. The SMILES string of the molecule is CS(=O)(=O)[C@@H]1CCN(C(=O)c2cccc(C(F)(F)F)c2)C1. The molecule has 1 amide bonds. The van der Waals surface area contributed by atoms with E-state index in [1.807, 2.05) is 0 Å². The van der Waals surface area contributed by atoms with Crippen LogP contribution in [-0.2, 0) is 16.0 Å². The van der Waals surface area contributed by atoms with Gasteiger partial charge in [-0.05, 0) is 24.6 Å². The highest BCUT2D eigenvalue weighted by Gasteiger charge is 2.34. The van der Waals surface area contributed by atoms with Gasteiger partial charge in [-0.1, -0.05) is 6.07 Å². The molecule has 1 atom stereocenters. The molecule has 0 saturated carbocycles. The van der Waals surface area contributed by atoms with Crippen molar-refractivity contribution in [2.24, 2.45) is 0 Å². The summed E-state index contributed by atoms with van der Waals surface area (Å²) in [5.74, 6) is -0.577. The third-order valence-electron chi connectivity index (χ3n) is 3.47. The molecule has 1 fully saturated rings. The summed E-state index contributed by atoms with van der Waals surface area (Å²) in [5, 5.41) is -0.646. The van der Waals surface area contributed by atoms with Crippen molar-refractivity contribution in [1.82, 2.24) is 4.90 Å². The Balaban J connectivity index is 2.19. The summed E-state index contributed by atoms with van der Waals surface area (Å²) in [6, 6.07) is 4.14. The van der Waals surface area contributed by atoms with E-state index >= 15 is 0 Å². The van der Waals surface area contributed by atoms with Crippen LogP contribution in [0.2, 0.25) is 0 Å². The zero-order chi connectivity index (χ0) is 15.8. The average Bonchev–Trinajstić information content (AvgIpc) is 2.86. The molecule has 1 aromatic rings. The first-order valence-electron chi connectivity index (χ1n) is 6.24. The molecule has 0 aliphatic carbocycles. The van der Waals surface area contributed by atoms with Crippen LogP contribution < -0.4 is 0 Å². The molecule has 0 aromatic heterocycles. The smallest absolute Gasteiger partial charge is 0.337 e. The zero-order valence-electron chi connectivity index (χ0n) is 11.2. The van der Waals surface area contributed by atoms with Crippen molar-refractivity contribution >= 4 is 15.7 Å². The van der Waals surface area contributed by atoms with Crippen molar-refractivity contribution in [2.75, 3.05) is 19.3 Å². The fourth-order valence-corrected chi connectivity index (χ4v) is 3.26. The molecule has 0 radical (unpaired) electrons. The number of amides is 1. The predicted octanol–water partition coefficient (Wildman–Crippen LogP) is 1.96. The number of nitrogens with zero attached hydrogens (tertiary/aromatic N) is 1. The minimum Gasteiger partial charge on any atom is -0.337 e. The van der Waals surface area contributed by atoms with E-state index < -0.39 is 32.7 Å². The maximum absolute atomic E-state index is 12.6. The van der Waals surface area contributed by atoms with Gasteiger partial charge in [-0.3, -0.25) is 4.79 Å². The Morgan fingerprint density at radius 2 is 2.00 bits per heavy atom. The van der Waals surface area contributed by atoms with Gasteiger partial charge >= 0.3 is 6.18 Å². The number of hydrogen-bond donors (Lipinski definition) is 0. The Hall–Kier alpha value is -1.57. The molecule has 2 rings (SSSR count). The van der Waals surface area contributed by atoms with Crippen LogP contribution in [0.15, 0.2) is 24.3 Å². The molecular formula is C13H14F3NO3S. The third kappa shape index (κ3) is 3.55. The monoisotopic (exact) mass is 321 g/mol. The molecule has 1 aliphatic rings. The van der Waals surface area contributed by atoms with Crippen molar-refractivity contribution in [3.05, 3.63) is 35.4 Å². The fourth-order valence-electron chi connectivity index (χ4n) is 2.27.